The first kappa shape index (κ1) is 8.72. The van der Waals surface area contributed by atoms with Crippen molar-refractivity contribution in [2.45, 2.75) is 12.8 Å². The summed E-state index contributed by atoms with van der Waals surface area (Å²) in [6, 6.07) is 3.80. The van der Waals surface area contributed by atoms with Gasteiger partial charge in [0.25, 0.3) is 0 Å². The molecule has 14 heavy (non-hydrogen) atoms. The predicted octanol–water partition coefficient (Wildman–Crippen LogP) is 1.63. The molecule has 0 aliphatic heterocycles. The third kappa shape index (κ3) is 1.45. The summed E-state index contributed by atoms with van der Waals surface area (Å²) >= 11 is 0. The second-order valence-electron chi connectivity index (χ2n) is 3.24. The van der Waals surface area contributed by atoms with Gasteiger partial charge in [0, 0.05) is 29.1 Å². The van der Waals surface area contributed by atoms with Gasteiger partial charge in [0.05, 0.1) is 0 Å². The fraction of sp³-hybridized carbons (Fsp3) is 0.333. The van der Waals surface area contributed by atoms with Crippen LogP contribution in [0.3, 0.4) is 0 Å². The average Bonchev–Trinajstić information content (AvgIpc) is 2.61. The van der Waals surface area contributed by atoms with E-state index in [9.17, 15) is 4.79 Å². The van der Waals surface area contributed by atoms with Gasteiger partial charge in [0.1, 0.15) is 0 Å². The van der Waals surface area contributed by atoms with Gasteiger partial charge in [-0.15, -0.1) is 0 Å². The van der Waals surface area contributed by atoms with E-state index in [0.717, 1.165) is 11.3 Å². The van der Waals surface area contributed by atoms with Crippen molar-refractivity contribution in [2.75, 3.05) is 0 Å². The Kier molecular flexibility index (Phi) is 2.16. The molecule has 1 atom stereocenters. The number of hydrogen-bond donors (Lipinski definition) is 0. The van der Waals surface area contributed by atoms with E-state index in [-0.39, 0.29) is 11.8 Å². The monoisotopic (exact) mass is 188 g/mol. The van der Waals surface area contributed by atoms with Crippen LogP contribution >= 0.6 is 0 Å². The Labute approximate surface area is 80.4 Å². The molecule has 5 heteroatoms. The minimum Gasteiger partial charge on any atom is -0.292 e. The number of pyridine rings is 1. The van der Waals surface area contributed by atoms with Gasteiger partial charge in [0.2, 0.25) is 5.91 Å². The van der Waals surface area contributed by atoms with Crippen LogP contribution in [0.15, 0.2) is 23.4 Å². The summed E-state index contributed by atoms with van der Waals surface area (Å²) in [6.07, 6.45) is 2.94. The zero-order valence-corrected chi connectivity index (χ0v) is 7.42. The van der Waals surface area contributed by atoms with Gasteiger partial charge in [-0.2, -0.15) is 0 Å². The summed E-state index contributed by atoms with van der Waals surface area (Å²) in [5, 5.41) is 3.10. The standard InChI is InChI=1S/C9H8N4O/c10-13-12-9(14)7-4-6-2-1-3-11-8(6)5-7/h1-3,7H,4-5H2. The summed E-state index contributed by atoms with van der Waals surface area (Å²) in [7, 11) is 0. The first-order valence-electron chi connectivity index (χ1n) is 4.33. The van der Waals surface area contributed by atoms with Crippen LogP contribution < -0.4 is 0 Å². The summed E-state index contributed by atoms with van der Waals surface area (Å²) < 4.78 is 0. The Morgan fingerprint density at radius 3 is 3.21 bits per heavy atom. The molecule has 0 saturated carbocycles. The van der Waals surface area contributed by atoms with Crippen LogP contribution in [0.5, 0.6) is 0 Å². The van der Waals surface area contributed by atoms with Gasteiger partial charge >= 0.3 is 0 Å². The van der Waals surface area contributed by atoms with E-state index in [1.54, 1.807) is 6.20 Å². The van der Waals surface area contributed by atoms with Crippen LogP contribution in [-0.2, 0) is 17.6 Å². The summed E-state index contributed by atoms with van der Waals surface area (Å²) in [5.74, 6) is -0.596. The number of fused-ring (bicyclic) bond motifs is 1. The number of hydrogen-bond acceptors (Lipinski definition) is 2. The van der Waals surface area contributed by atoms with Crippen molar-refractivity contribution in [2.24, 2.45) is 11.0 Å². The number of carbonyl (C=O) groups excluding carboxylic acids is 1. The lowest BCUT2D eigenvalue weighted by atomic mass is 10.1. The number of nitrogens with zero attached hydrogens (tertiary/aromatic N) is 4. The molecule has 0 saturated heterocycles. The van der Waals surface area contributed by atoms with Gasteiger partial charge in [-0.3, -0.25) is 9.78 Å². The predicted molar refractivity (Wildman–Crippen MR) is 49.3 cm³/mol. The molecule has 0 radical (unpaired) electrons. The molecule has 1 aliphatic carbocycles. The van der Waals surface area contributed by atoms with Crippen molar-refractivity contribution in [1.29, 1.82) is 0 Å². The lowest BCUT2D eigenvalue weighted by Crippen LogP contribution is -2.11. The maximum atomic E-state index is 11.3. The topological polar surface area (TPSA) is 78.7 Å². The van der Waals surface area contributed by atoms with Gasteiger partial charge < -0.3 is 0 Å². The van der Waals surface area contributed by atoms with E-state index in [1.807, 2.05) is 12.1 Å². The van der Waals surface area contributed by atoms with E-state index < -0.39 is 0 Å². The summed E-state index contributed by atoms with van der Waals surface area (Å²) in [6.45, 7) is 0. The van der Waals surface area contributed by atoms with Crippen LogP contribution in [0.4, 0.5) is 0 Å². The average molecular weight is 188 g/mol. The van der Waals surface area contributed by atoms with Gasteiger partial charge in [-0.25, -0.2) is 0 Å². The minimum atomic E-state index is -0.384. The quantitative estimate of drug-likeness (QED) is 0.381. The summed E-state index contributed by atoms with van der Waals surface area (Å²) in [5.41, 5.74) is 10.2. The Hall–Kier alpha value is -1.87. The van der Waals surface area contributed by atoms with E-state index in [4.69, 9.17) is 5.53 Å². The van der Waals surface area contributed by atoms with Crippen molar-refractivity contribution in [3.63, 3.8) is 0 Å². The number of rotatable bonds is 1. The second-order valence-corrected chi connectivity index (χ2v) is 3.24. The minimum absolute atomic E-state index is 0.212. The number of aromatic nitrogens is 1. The SMILES string of the molecule is [N-]=[N+]=NC(=O)C1Cc2cccnc2C1. The maximum absolute atomic E-state index is 11.3. The van der Waals surface area contributed by atoms with Gasteiger partial charge in [-0.1, -0.05) is 6.07 Å². The lowest BCUT2D eigenvalue weighted by Gasteiger charge is -1.99. The molecule has 1 amide bonds. The third-order valence-corrected chi connectivity index (χ3v) is 2.38. The smallest absolute Gasteiger partial charge is 0.222 e. The van der Waals surface area contributed by atoms with E-state index in [2.05, 4.69) is 15.0 Å². The van der Waals surface area contributed by atoms with E-state index in [0.29, 0.717) is 12.8 Å². The van der Waals surface area contributed by atoms with Crippen LogP contribution in [0, 0.1) is 5.92 Å². The fourth-order valence-electron chi connectivity index (χ4n) is 1.71. The molecule has 1 aromatic rings. The first-order valence-corrected chi connectivity index (χ1v) is 4.33. The van der Waals surface area contributed by atoms with Crippen molar-refractivity contribution < 1.29 is 4.79 Å². The molecule has 0 aromatic carbocycles. The number of azide groups is 1. The molecule has 0 bridgehead atoms. The number of carbonyl (C=O) groups is 1. The summed E-state index contributed by atoms with van der Waals surface area (Å²) in [4.78, 5) is 17.9. The van der Waals surface area contributed by atoms with Gasteiger partial charge in [-0.05, 0) is 28.7 Å². The fourth-order valence-corrected chi connectivity index (χ4v) is 1.71. The molecular weight excluding hydrogens is 180 g/mol. The van der Waals surface area contributed by atoms with Crippen molar-refractivity contribution in [3.8, 4) is 0 Å². The van der Waals surface area contributed by atoms with Gasteiger partial charge in [0.15, 0.2) is 0 Å². The molecule has 0 fully saturated rings. The highest BCUT2D eigenvalue weighted by atomic mass is 16.1. The van der Waals surface area contributed by atoms with E-state index >= 15 is 0 Å². The highest BCUT2D eigenvalue weighted by Crippen LogP contribution is 2.25. The largest absolute Gasteiger partial charge is 0.292 e. The highest BCUT2D eigenvalue weighted by molar-refractivity contribution is 5.80. The number of amides is 1. The van der Waals surface area contributed by atoms with Crippen molar-refractivity contribution in [3.05, 3.63) is 40.0 Å². The van der Waals surface area contributed by atoms with Crippen molar-refractivity contribution >= 4 is 5.91 Å². The maximum Gasteiger partial charge on any atom is 0.222 e. The van der Waals surface area contributed by atoms with Crippen LogP contribution in [0.1, 0.15) is 11.3 Å². The molecule has 1 aromatic heterocycles. The lowest BCUT2D eigenvalue weighted by molar-refractivity contribution is -0.121. The van der Waals surface area contributed by atoms with Crippen molar-refractivity contribution in [1.82, 2.24) is 4.98 Å². The molecule has 5 nitrogen and oxygen atoms in total. The molecule has 1 unspecified atom stereocenters. The first-order chi connectivity index (χ1) is 6.81. The zero-order chi connectivity index (χ0) is 9.97. The van der Waals surface area contributed by atoms with E-state index in [1.165, 1.54) is 0 Å². The van der Waals surface area contributed by atoms with Crippen LogP contribution in [0.2, 0.25) is 0 Å². The molecule has 2 rings (SSSR count). The normalized spacial score (nSPS) is 18.4. The Morgan fingerprint density at radius 2 is 2.50 bits per heavy atom. The molecule has 70 valence electrons. The molecule has 1 heterocycles. The molecule has 1 aliphatic rings. The molecular formula is C9H8N4O. The zero-order valence-electron chi connectivity index (χ0n) is 7.42. The van der Waals surface area contributed by atoms with Crippen LogP contribution in [-0.4, -0.2) is 10.9 Å². The highest BCUT2D eigenvalue weighted by Gasteiger charge is 2.26. The Morgan fingerprint density at radius 1 is 1.64 bits per heavy atom. The third-order valence-electron chi connectivity index (χ3n) is 2.38. The van der Waals surface area contributed by atoms with Crippen LogP contribution in [0.25, 0.3) is 10.4 Å². The Balaban J connectivity index is 2.19. The second kappa shape index (κ2) is 3.47. The molecule has 0 spiro atoms. The molecule has 0 N–H and O–H groups in total. The Bertz CT molecular complexity index is 398.